The van der Waals surface area contributed by atoms with Gasteiger partial charge in [0.15, 0.2) is 0 Å². The predicted octanol–water partition coefficient (Wildman–Crippen LogP) is 4.84. The van der Waals surface area contributed by atoms with E-state index < -0.39 is 0 Å². The molecule has 0 amide bonds. The number of rotatable bonds is 11. The molecule has 0 spiro atoms. The minimum absolute atomic E-state index is 0. The summed E-state index contributed by atoms with van der Waals surface area (Å²) in [6.07, 6.45) is 14.6. The van der Waals surface area contributed by atoms with Gasteiger partial charge in [0, 0.05) is 0 Å². The molecule has 0 aromatic rings. The van der Waals surface area contributed by atoms with E-state index in [-0.39, 0.29) is 12.3 Å². The first-order chi connectivity index (χ1) is 7.27. The van der Waals surface area contributed by atoms with Gasteiger partial charge in [-0.3, -0.25) is 0 Å². The molecule has 0 aromatic heterocycles. The van der Waals surface area contributed by atoms with Crippen molar-refractivity contribution in [3.63, 3.8) is 0 Å². The number of aliphatic hydroxyl groups is 1. The zero-order valence-electron chi connectivity index (χ0n) is 11.5. The average molecular weight is 231 g/mol. The van der Waals surface area contributed by atoms with Crippen LogP contribution in [-0.4, -0.2) is 11.2 Å². The predicted molar refractivity (Wildman–Crippen MR) is 73.2 cm³/mol. The van der Waals surface area contributed by atoms with Gasteiger partial charge in [0.25, 0.3) is 0 Å². The number of hydrogen-bond acceptors (Lipinski definition) is 2. The van der Waals surface area contributed by atoms with Crippen molar-refractivity contribution in [3.8, 4) is 0 Å². The van der Waals surface area contributed by atoms with Crippen LogP contribution in [0.2, 0.25) is 0 Å². The summed E-state index contributed by atoms with van der Waals surface area (Å²) in [5.41, 5.74) is 0. The van der Waals surface area contributed by atoms with Gasteiger partial charge in [-0.2, -0.15) is 0 Å². The summed E-state index contributed by atoms with van der Waals surface area (Å²) in [4.78, 5) is 0. The lowest BCUT2D eigenvalue weighted by Gasteiger charge is -2.04. The van der Waals surface area contributed by atoms with Crippen LogP contribution in [0.1, 0.15) is 84.5 Å². The Bertz CT molecular complexity index is 115. The normalized spacial score (nSPS) is 12.2. The van der Waals surface area contributed by atoms with Gasteiger partial charge in [0.2, 0.25) is 0 Å². The Morgan fingerprint density at radius 2 is 1.12 bits per heavy atom. The molecular weight excluding hydrogens is 198 g/mol. The van der Waals surface area contributed by atoms with Crippen LogP contribution in [0.15, 0.2) is 0 Å². The Labute approximate surface area is 102 Å². The fourth-order valence-electron chi connectivity index (χ4n) is 1.93. The molecule has 0 bridgehead atoms. The lowest BCUT2D eigenvalue weighted by molar-refractivity contribution is 0.180. The second-order valence-electron chi connectivity index (χ2n) is 4.82. The van der Waals surface area contributed by atoms with Crippen LogP contribution in [0.25, 0.3) is 0 Å². The second-order valence-corrected chi connectivity index (χ2v) is 4.82. The van der Waals surface area contributed by atoms with Gasteiger partial charge in [0.05, 0.1) is 6.10 Å². The zero-order valence-corrected chi connectivity index (χ0v) is 11.5. The molecule has 0 aliphatic carbocycles. The summed E-state index contributed by atoms with van der Waals surface area (Å²) in [5.74, 6) is 0. The van der Waals surface area contributed by atoms with E-state index in [4.69, 9.17) is 5.11 Å². The van der Waals surface area contributed by atoms with Gasteiger partial charge in [-0.05, 0) is 13.3 Å². The van der Waals surface area contributed by atoms with Crippen molar-refractivity contribution in [2.75, 3.05) is 0 Å². The van der Waals surface area contributed by atoms with Crippen LogP contribution in [0.3, 0.4) is 0 Å². The number of aliphatic hydroxyl groups excluding tert-OH is 1. The highest BCUT2D eigenvalue weighted by Gasteiger charge is 1.95. The zero-order chi connectivity index (χ0) is 11.4. The van der Waals surface area contributed by atoms with Gasteiger partial charge >= 0.3 is 0 Å². The average Bonchev–Trinajstić information content (AvgIpc) is 2.20. The van der Waals surface area contributed by atoms with Crippen molar-refractivity contribution in [2.45, 2.75) is 90.6 Å². The third-order valence-electron chi connectivity index (χ3n) is 2.98. The second kappa shape index (κ2) is 14.9. The monoisotopic (exact) mass is 231 g/mol. The summed E-state index contributed by atoms with van der Waals surface area (Å²) in [5, 5.41) is 9.08. The number of unbranched alkanes of at least 4 members (excludes halogenated alkanes) is 9. The van der Waals surface area contributed by atoms with Crippen LogP contribution in [0.5, 0.6) is 0 Å². The fourth-order valence-corrected chi connectivity index (χ4v) is 1.93. The van der Waals surface area contributed by atoms with E-state index in [1.54, 1.807) is 0 Å². The summed E-state index contributed by atoms with van der Waals surface area (Å²) >= 11 is 0. The topological polar surface area (TPSA) is 55.2 Å². The molecule has 1 unspecified atom stereocenters. The van der Waals surface area contributed by atoms with E-state index in [0.717, 1.165) is 6.42 Å². The van der Waals surface area contributed by atoms with Crippen LogP contribution in [0, 0.1) is 0 Å². The van der Waals surface area contributed by atoms with Crippen molar-refractivity contribution in [1.29, 1.82) is 0 Å². The van der Waals surface area contributed by atoms with Gasteiger partial charge in [-0.15, -0.1) is 0 Å². The third kappa shape index (κ3) is 16.4. The molecule has 16 heavy (non-hydrogen) atoms. The van der Waals surface area contributed by atoms with Crippen LogP contribution >= 0.6 is 0 Å². The fraction of sp³-hybridized carbons (Fsp3) is 1.00. The van der Waals surface area contributed by atoms with E-state index in [0.29, 0.717) is 0 Å². The van der Waals surface area contributed by atoms with E-state index in [1.807, 2.05) is 6.92 Å². The first-order valence-electron chi connectivity index (χ1n) is 6.95. The Hall–Kier alpha value is -0.0800. The van der Waals surface area contributed by atoms with E-state index in [1.165, 1.54) is 64.2 Å². The minimum atomic E-state index is -0.0981. The Kier molecular flexibility index (Phi) is 17.1. The van der Waals surface area contributed by atoms with Gasteiger partial charge < -0.3 is 11.3 Å². The summed E-state index contributed by atoms with van der Waals surface area (Å²) in [6, 6.07) is 0. The SMILES string of the molecule is CCCCCCCCCCCCC(C)O.N. The molecule has 100 valence electrons. The molecule has 0 aromatic carbocycles. The smallest absolute Gasteiger partial charge is 0.0512 e. The molecule has 0 aliphatic rings. The Balaban J connectivity index is 0. The minimum Gasteiger partial charge on any atom is -0.393 e. The molecule has 0 saturated heterocycles. The maximum Gasteiger partial charge on any atom is 0.0512 e. The molecule has 4 N–H and O–H groups in total. The molecular formula is C14H33NO. The summed E-state index contributed by atoms with van der Waals surface area (Å²) < 4.78 is 0. The first-order valence-corrected chi connectivity index (χ1v) is 6.95. The third-order valence-corrected chi connectivity index (χ3v) is 2.98. The molecule has 2 nitrogen and oxygen atoms in total. The highest BCUT2D eigenvalue weighted by molar-refractivity contribution is 4.50. The molecule has 0 radical (unpaired) electrons. The molecule has 0 rings (SSSR count). The van der Waals surface area contributed by atoms with Crippen molar-refractivity contribution < 1.29 is 5.11 Å². The van der Waals surface area contributed by atoms with Crippen molar-refractivity contribution in [1.82, 2.24) is 6.15 Å². The van der Waals surface area contributed by atoms with Crippen molar-refractivity contribution >= 4 is 0 Å². The quantitative estimate of drug-likeness (QED) is 0.500. The van der Waals surface area contributed by atoms with Crippen LogP contribution < -0.4 is 6.15 Å². The lowest BCUT2D eigenvalue weighted by atomic mass is 10.1. The van der Waals surface area contributed by atoms with Gasteiger partial charge in [-0.1, -0.05) is 71.1 Å². The number of hydrogen-bond donors (Lipinski definition) is 2. The van der Waals surface area contributed by atoms with E-state index in [2.05, 4.69) is 6.92 Å². The highest BCUT2D eigenvalue weighted by atomic mass is 16.3. The molecule has 0 heterocycles. The Morgan fingerprint density at radius 1 is 0.750 bits per heavy atom. The maximum atomic E-state index is 9.08. The van der Waals surface area contributed by atoms with Crippen molar-refractivity contribution in [2.24, 2.45) is 0 Å². The van der Waals surface area contributed by atoms with Gasteiger partial charge in [0.1, 0.15) is 0 Å². The summed E-state index contributed by atoms with van der Waals surface area (Å²) in [6.45, 7) is 4.15. The lowest BCUT2D eigenvalue weighted by Crippen LogP contribution is -1.98. The summed E-state index contributed by atoms with van der Waals surface area (Å²) in [7, 11) is 0. The van der Waals surface area contributed by atoms with Crippen LogP contribution in [-0.2, 0) is 0 Å². The largest absolute Gasteiger partial charge is 0.393 e. The molecule has 0 aliphatic heterocycles. The maximum absolute atomic E-state index is 9.08. The highest BCUT2D eigenvalue weighted by Crippen LogP contribution is 2.11. The molecule has 0 fully saturated rings. The van der Waals surface area contributed by atoms with E-state index >= 15 is 0 Å². The van der Waals surface area contributed by atoms with Crippen molar-refractivity contribution in [3.05, 3.63) is 0 Å². The molecule has 0 saturated carbocycles. The molecule has 1 atom stereocenters. The van der Waals surface area contributed by atoms with Gasteiger partial charge in [-0.25, -0.2) is 0 Å². The Morgan fingerprint density at radius 3 is 1.50 bits per heavy atom. The standard InChI is InChI=1S/C14H30O.H3N/c1-3-4-5-6-7-8-9-10-11-12-13-14(2)15;/h14-15H,3-13H2,1-2H3;1H3. The first kappa shape index (κ1) is 18.3. The van der Waals surface area contributed by atoms with E-state index in [9.17, 15) is 0 Å². The van der Waals surface area contributed by atoms with Crippen LogP contribution in [0.4, 0.5) is 0 Å². The molecule has 2 heteroatoms.